The highest BCUT2D eigenvalue weighted by atomic mass is 16.3. The molecule has 0 spiro atoms. The fraction of sp³-hybridized carbons (Fsp3) is 0. The second kappa shape index (κ2) is 13.3. The Balaban J connectivity index is 1.04. The summed E-state index contributed by atoms with van der Waals surface area (Å²) < 4.78 is 0. The van der Waals surface area contributed by atoms with Gasteiger partial charge in [0.25, 0.3) is 0 Å². The van der Waals surface area contributed by atoms with Crippen molar-refractivity contribution in [3.8, 4) is 62.2 Å². The van der Waals surface area contributed by atoms with Crippen molar-refractivity contribution in [2.24, 2.45) is 0 Å². The van der Waals surface area contributed by atoms with E-state index in [1.807, 2.05) is 42.5 Å². The Bertz CT molecular complexity index is 3320. The third-order valence-corrected chi connectivity index (χ3v) is 11.2. The third kappa shape index (κ3) is 5.58. The Labute approximate surface area is 329 Å². The monoisotopic (exact) mass is 727 g/mol. The SMILES string of the molecule is Oc1cccc(-c2nc(-c3ccccc3)nc(-c3ccc4ccc5ccccc5c4c3)n2)c1-c1ccc(-c2ccc3c4ccccc4c4ccccc4c3c2)cc1. The van der Waals surface area contributed by atoms with Crippen molar-refractivity contribution >= 4 is 53.9 Å². The molecule has 266 valence electrons. The van der Waals surface area contributed by atoms with Crippen molar-refractivity contribution in [1.29, 1.82) is 0 Å². The van der Waals surface area contributed by atoms with Crippen molar-refractivity contribution in [3.63, 3.8) is 0 Å². The lowest BCUT2D eigenvalue weighted by Gasteiger charge is -2.14. The molecule has 1 N–H and O–H groups in total. The first kappa shape index (κ1) is 32.7. The van der Waals surface area contributed by atoms with E-state index in [1.165, 1.54) is 43.1 Å². The van der Waals surface area contributed by atoms with Crippen LogP contribution in [0.4, 0.5) is 0 Å². The van der Waals surface area contributed by atoms with Crippen LogP contribution in [-0.2, 0) is 0 Å². The van der Waals surface area contributed by atoms with Crippen molar-refractivity contribution in [2.75, 3.05) is 0 Å². The molecular weight excluding hydrogens is 695 g/mol. The number of benzene rings is 10. The molecule has 0 unspecified atom stereocenters. The molecule has 1 heterocycles. The largest absolute Gasteiger partial charge is 0.507 e. The van der Waals surface area contributed by atoms with Crippen LogP contribution in [0.15, 0.2) is 194 Å². The minimum atomic E-state index is 0.157. The van der Waals surface area contributed by atoms with Crippen LogP contribution < -0.4 is 0 Å². The van der Waals surface area contributed by atoms with Crippen LogP contribution in [0.25, 0.3) is 110 Å². The molecule has 0 amide bonds. The van der Waals surface area contributed by atoms with Crippen LogP contribution in [0.1, 0.15) is 0 Å². The summed E-state index contributed by atoms with van der Waals surface area (Å²) in [4.78, 5) is 15.2. The fourth-order valence-electron chi connectivity index (χ4n) is 8.43. The van der Waals surface area contributed by atoms with Gasteiger partial charge < -0.3 is 5.11 Å². The predicted molar refractivity (Wildman–Crippen MR) is 236 cm³/mol. The standard InChI is InChI=1S/C53H33N3O/c57-49-20-10-19-46(50(49)36-26-21-33(22-27-36)38-29-30-45-43-17-7-6-15-41(43)42-16-8-9-18-44(42)48(45)31-38)53-55-51(37-12-2-1-3-13-37)54-52(56-53)39-28-25-35-24-23-34-11-4-5-14-40(34)47(35)32-39/h1-32,57H. The Hall–Kier alpha value is -7.69. The number of aromatic nitrogens is 3. The number of hydrogen-bond donors (Lipinski definition) is 1. The molecule has 1 aromatic heterocycles. The Kier molecular flexibility index (Phi) is 7.61. The number of nitrogens with zero attached hydrogens (tertiary/aromatic N) is 3. The lowest BCUT2D eigenvalue weighted by atomic mass is 9.91. The van der Waals surface area contributed by atoms with Gasteiger partial charge in [-0.15, -0.1) is 0 Å². The van der Waals surface area contributed by atoms with Gasteiger partial charge in [-0.2, -0.15) is 0 Å². The minimum absolute atomic E-state index is 0.157. The molecule has 0 bridgehead atoms. The van der Waals surface area contributed by atoms with Gasteiger partial charge in [-0.05, 0) is 88.8 Å². The van der Waals surface area contributed by atoms with Crippen molar-refractivity contribution in [1.82, 2.24) is 15.0 Å². The Morgan fingerprint density at radius 2 is 0.772 bits per heavy atom. The molecule has 0 fully saturated rings. The van der Waals surface area contributed by atoms with E-state index in [0.29, 0.717) is 23.0 Å². The molecule has 4 nitrogen and oxygen atoms in total. The number of fused-ring (bicyclic) bond motifs is 9. The van der Waals surface area contributed by atoms with Crippen LogP contribution in [0.5, 0.6) is 5.75 Å². The van der Waals surface area contributed by atoms with Gasteiger partial charge in [0, 0.05) is 22.3 Å². The summed E-state index contributed by atoms with van der Waals surface area (Å²) in [5.74, 6) is 1.77. The molecule has 0 atom stereocenters. The maximum Gasteiger partial charge on any atom is 0.164 e. The van der Waals surface area contributed by atoms with Gasteiger partial charge in [0.15, 0.2) is 17.5 Å². The highest BCUT2D eigenvalue weighted by Gasteiger charge is 2.19. The van der Waals surface area contributed by atoms with E-state index < -0.39 is 0 Å². The van der Waals surface area contributed by atoms with E-state index in [0.717, 1.165) is 44.2 Å². The van der Waals surface area contributed by atoms with Gasteiger partial charge >= 0.3 is 0 Å². The van der Waals surface area contributed by atoms with Gasteiger partial charge in [0.05, 0.1) is 0 Å². The van der Waals surface area contributed by atoms with Gasteiger partial charge in [0.2, 0.25) is 0 Å². The molecule has 10 aromatic carbocycles. The van der Waals surface area contributed by atoms with Crippen molar-refractivity contribution in [3.05, 3.63) is 194 Å². The predicted octanol–water partition coefficient (Wildman–Crippen LogP) is 13.7. The second-order valence-corrected chi connectivity index (χ2v) is 14.5. The zero-order valence-electron chi connectivity index (χ0n) is 30.8. The maximum atomic E-state index is 11.5. The van der Waals surface area contributed by atoms with E-state index >= 15 is 0 Å². The molecule has 0 aliphatic heterocycles. The van der Waals surface area contributed by atoms with Gasteiger partial charge in [0.1, 0.15) is 5.75 Å². The number of phenols is 1. The third-order valence-electron chi connectivity index (χ3n) is 11.2. The Morgan fingerprint density at radius 3 is 1.49 bits per heavy atom. The van der Waals surface area contributed by atoms with Crippen LogP contribution >= 0.6 is 0 Å². The lowest BCUT2D eigenvalue weighted by molar-refractivity contribution is 0.477. The first-order chi connectivity index (χ1) is 28.2. The molecule has 11 aromatic rings. The first-order valence-corrected chi connectivity index (χ1v) is 19.2. The number of aromatic hydroxyl groups is 1. The van der Waals surface area contributed by atoms with E-state index in [-0.39, 0.29) is 5.75 Å². The summed E-state index contributed by atoms with van der Waals surface area (Å²) in [6.45, 7) is 0. The topological polar surface area (TPSA) is 58.9 Å². The smallest absolute Gasteiger partial charge is 0.164 e. The van der Waals surface area contributed by atoms with E-state index in [1.54, 1.807) is 6.07 Å². The fourth-order valence-corrected chi connectivity index (χ4v) is 8.43. The highest BCUT2D eigenvalue weighted by molar-refractivity contribution is 6.25. The molecule has 4 heteroatoms. The second-order valence-electron chi connectivity index (χ2n) is 14.5. The summed E-state index contributed by atoms with van der Waals surface area (Å²) in [6, 6.07) is 67.1. The van der Waals surface area contributed by atoms with Crippen LogP contribution in [0.3, 0.4) is 0 Å². The summed E-state index contributed by atoms with van der Waals surface area (Å²) in [5.41, 5.74) is 6.25. The minimum Gasteiger partial charge on any atom is -0.507 e. The molecule has 57 heavy (non-hydrogen) atoms. The number of rotatable bonds is 5. The zero-order chi connectivity index (χ0) is 37.9. The summed E-state index contributed by atoms with van der Waals surface area (Å²) >= 11 is 0. The molecule has 0 saturated heterocycles. The summed E-state index contributed by atoms with van der Waals surface area (Å²) in [5, 5.41) is 23.7. The van der Waals surface area contributed by atoms with E-state index in [9.17, 15) is 5.11 Å². The van der Waals surface area contributed by atoms with E-state index in [4.69, 9.17) is 15.0 Å². The molecule has 0 aliphatic rings. The summed E-state index contributed by atoms with van der Waals surface area (Å²) in [6.07, 6.45) is 0. The highest BCUT2D eigenvalue weighted by Crippen LogP contribution is 2.41. The van der Waals surface area contributed by atoms with Gasteiger partial charge in [-0.3, -0.25) is 0 Å². The first-order valence-electron chi connectivity index (χ1n) is 19.2. The average molecular weight is 728 g/mol. The molecule has 0 aliphatic carbocycles. The van der Waals surface area contributed by atoms with Crippen molar-refractivity contribution in [2.45, 2.75) is 0 Å². The quantitative estimate of drug-likeness (QED) is 0.179. The Morgan fingerprint density at radius 1 is 0.281 bits per heavy atom. The normalized spacial score (nSPS) is 11.6. The molecule has 11 rings (SSSR count). The molecular formula is C53H33N3O. The molecule has 0 saturated carbocycles. The number of hydrogen-bond acceptors (Lipinski definition) is 4. The maximum absolute atomic E-state index is 11.5. The van der Waals surface area contributed by atoms with Crippen LogP contribution in [-0.4, -0.2) is 20.1 Å². The number of phenolic OH excluding ortho intramolecular Hbond substituents is 1. The van der Waals surface area contributed by atoms with Crippen LogP contribution in [0, 0.1) is 0 Å². The average Bonchev–Trinajstić information content (AvgIpc) is 3.29. The van der Waals surface area contributed by atoms with Crippen LogP contribution in [0.2, 0.25) is 0 Å². The van der Waals surface area contributed by atoms with Crippen molar-refractivity contribution < 1.29 is 5.11 Å². The van der Waals surface area contributed by atoms with Gasteiger partial charge in [-0.25, -0.2) is 15.0 Å². The lowest BCUT2D eigenvalue weighted by Crippen LogP contribution is -2.01. The zero-order valence-corrected chi connectivity index (χ0v) is 30.8. The molecule has 0 radical (unpaired) electrons. The van der Waals surface area contributed by atoms with E-state index in [2.05, 4.69) is 146 Å². The van der Waals surface area contributed by atoms with Gasteiger partial charge in [-0.1, -0.05) is 176 Å². The summed E-state index contributed by atoms with van der Waals surface area (Å²) in [7, 11) is 0.